The lowest BCUT2D eigenvalue weighted by atomic mass is 9.94. The Labute approximate surface area is 128 Å². The number of benzene rings is 1. The van der Waals surface area contributed by atoms with Crippen molar-refractivity contribution in [1.29, 1.82) is 0 Å². The van der Waals surface area contributed by atoms with Crippen LogP contribution in [0, 0.1) is 6.92 Å². The zero-order chi connectivity index (χ0) is 15.4. The molecule has 0 aliphatic carbocycles. The first kappa shape index (κ1) is 15.9. The van der Waals surface area contributed by atoms with Crippen molar-refractivity contribution in [3.8, 4) is 11.3 Å². The molecule has 0 bridgehead atoms. The van der Waals surface area contributed by atoms with E-state index in [1.807, 2.05) is 19.1 Å². The minimum atomic E-state index is -1.45. The van der Waals surface area contributed by atoms with E-state index in [1.165, 1.54) is 0 Å². The Morgan fingerprint density at radius 2 is 1.95 bits per heavy atom. The molecule has 2 atom stereocenters. The molecule has 0 fully saturated rings. The maximum Gasteiger partial charge on any atom is 0.192 e. The lowest BCUT2D eigenvalue weighted by Crippen LogP contribution is -2.02. The average molecular weight is 306 g/mol. The third-order valence-electron chi connectivity index (χ3n) is 3.63. The molecule has 114 valence electrons. The summed E-state index contributed by atoms with van der Waals surface area (Å²) in [5.41, 5.74) is 1.98. The van der Waals surface area contributed by atoms with Gasteiger partial charge in [0.2, 0.25) is 0 Å². The number of rotatable bonds is 6. The lowest BCUT2D eigenvalue weighted by Gasteiger charge is -2.12. The van der Waals surface area contributed by atoms with Crippen molar-refractivity contribution < 1.29 is 8.63 Å². The van der Waals surface area contributed by atoms with Crippen molar-refractivity contribution in [3.05, 3.63) is 35.9 Å². The molecule has 2 rings (SSSR count). The number of hydrogen-bond donors (Lipinski definition) is 1. The fourth-order valence-corrected chi connectivity index (χ4v) is 2.95. The van der Waals surface area contributed by atoms with Gasteiger partial charge in [-0.2, -0.15) is 0 Å². The van der Waals surface area contributed by atoms with Crippen molar-refractivity contribution in [2.45, 2.75) is 50.8 Å². The summed E-state index contributed by atoms with van der Waals surface area (Å²) in [6.07, 6.45) is 3.26. The number of oxazole rings is 1. The van der Waals surface area contributed by atoms with Gasteiger partial charge in [-0.3, -0.25) is 0 Å². The van der Waals surface area contributed by atoms with Crippen LogP contribution in [0.4, 0.5) is 0 Å². The molecule has 2 aromatic rings. The maximum absolute atomic E-state index is 11.3. The van der Waals surface area contributed by atoms with Crippen LogP contribution in [-0.4, -0.2) is 9.19 Å². The number of aryl methyl sites for hydroxylation is 1. The van der Waals surface area contributed by atoms with Crippen molar-refractivity contribution in [1.82, 2.24) is 4.98 Å². The van der Waals surface area contributed by atoms with Crippen LogP contribution in [-0.2, 0) is 11.0 Å². The van der Waals surface area contributed by atoms with Crippen LogP contribution in [0.15, 0.2) is 33.6 Å². The van der Waals surface area contributed by atoms with Crippen LogP contribution in [0.3, 0.4) is 0 Å². The summed E-state index contributed by atoms with van der Waals surface area (Å²) in [6.45, 7) is 6.23. The maximum atomic E-state index is 11.3. The Morgan fingerprint density at radius 1 is 1.29 bits per heavy atom. The third kappa shape index (κ3) is 3.60. The summed E-state index contributed by atoms with van der Waals surface area (Å²) < 4.78 is 17.1. The lowest BCUT2D eigenvalue weighted by molar-refractivity contribution is 0.531. The molecule has 1 aromatic heterocycles. The van der Waals surface area contributed by atoms with E-state index in [4.69, 9.17) is 9.56 Å². The topological polar surface area (TPSA) is 69.1 Å². The van der Waals surface area contributed by atoms with Crippen molar-refractivity contribution in [2.75, 3.05) is 0 Å². The molecule has 0 saturated heterocycles. The Hall–Kier alpha value is -1.46. The molecule has 2 unspecified atom stereocenters. The Bertz CT molecular complexity index is 620. The molecule has 21 heavy (non-hydrogen) atoms. The van der Waals surface area contributed by atoms with Gasteiger partial charge < -0.3 is 4.42 Å². The second kappa shape index (κ2) is 7.00. The van der Waals surface area contributed by atoms with Crippen LogP contribution in [0.5, 0.6) is 0 Å². The van der Waals surface area contributed by atoms with E-state index in [1.54, 1.807) is 12.1 Å². The normalized spacial score (nSPS) is 14.1. The molecule has 1 heterocycles. The molecule has 4 nitrogen and oxygen atoms in total. The van der Waals surface area contributed by atoms with E-state index in [2.05, 4.69) is 18.8 Å². The first-order chi connectivity index (χ1) is 10.1. The van der Waals surface area contributed by atoms with E-state index in [9.17, 15) is 4.21 Å². The summed E-state index contributed by atoms with van der Waals surface area (Å²) in [6, 6.07) is 7.33. The smallest absolute Gasteiger partial charge is 0.192 e. The second-order valence-corrected chi connectivity index (χ2v) is 6.23. The summed E-state index contributed by atoms with van der Waals surface area (Å²) in [7, 11) is -1.45. The first-order valence-corrected chi connectivity index (χ1v) is 8.52. The minimum absolute atomic E-state index is 0.408. The SMILES string of the molecule is CCCC(CC)c1nc(C)oc1-c1ccc(S(N)=O)cc1. The summed E-state index contributed by atoms with van der Waals surface area (Å²) in [5.74, 6) is 1.91. The van der Waals surface area contributed by atoms with E-state index in [0.717, 1.165) is 36.3 Å². The van der Waals surface area contributed by atoms with Crippen molar-refractivity contribution >= 4 is 11.0 Å². The van der Waals surface area contributed by atoms with Crippen LogP contribution in [0.1, 0.15) is 50.6 Å². The average Bonchev–Trinajstić information content (AvgIpc) is 2.86. The van der Waals surface area contributed by atoms with Gasteiger partial charge in [0, 0.05) is 18.4 Å². The Kier molecular flexibility index (Phi) is 5.31. The zero-order valence-corrected chi connectivity index (χ0v) is 13.6. The van der Waals surface area contributed by atoms with Crippen LogP contribution < -0.4 is 5.14 Å². The zero-order valence-electron chi connectivity index (χ0n) is 12.8. The quantitative estimate of drug-likeness (QED) is 0.879. The number of aromatic nitrogens is 1. The highest BCUT2D eigenvalue weighted by molar-refractivity contribution is 7.82. The number of nitrogens with two attached hydrogens (primary N) is 1. The fourth-order valence-electron chi connectivity index (χ4n) is 2.55. The molecule has 0 aliphatic heterocycles. The minimum Gasteiger partial charge on any atom is -0.441 e. The molecular weight excluding hydrogens is 284 g/mol. The molecule has 0 aliphatic rings. The van der Waals surface area contributed by atoms with Crippen LogP contribution in [0.25, 0.3) is 11.3 Å². The standard InChI is InChI=1S/C16H22N2O2S/c1-4-6-12(5-2)15-16(20-11(3)18-15)13-7-9-14(10-8-13)21(17)19/h7-10,12H,4-6,17H2,1-3H3. The van der Waals surface area contributed by atoms with Gasteiger partial charge in [-0.15, -0.1) is 0 Å². The van der Waals surface area contributed by atoms with E-state index >= 15 is 0 Å². The molecule has 0 spiro atoms. The Morgan fingerprint density at radius 3 is 2.48 bits per heavy atom. The summed E-state index contributed by atoms with van der Waals surface area (Å²) >= 11 is 0. The molecule has 5 heteroatoms. The summed E-state index contributed by atoms with van der Waals surface area (Å²) in [4.78, 5) is 5.19. The number of nitrogens with zero attached hydrogens (tertiary/aromatic N) is 1. The second-order valence-electron chi connectivity index (χ2n) is 5.16. The predicted octanol–water partition coefficient (Wildman–Crippen LogP) is 3.93. The van der Waals surface area contributed by atoms with Gasteiger partial charge in [0.1, 0.15) is 11.0 Å². The first-order valence-electron chi connectivity index (χ1n) is 7.30. The fraction of sp³-hybridized carbons (Fsp3) is 0.438. The van der Waals surface area contributed by atoms with Crippen LogP contribution >= 0.6 is 0 Å². The van der Waals surface area contributed by atoms with Gasteiger partial charge >= 0.3 is 0 Å². The monoisotopic (exact) mass is 306 g/mol. The van der Waals surface area contributed by atoms with Gasteiger partial charge in [0.15, 0.2) is 11.7 Å². The van der Waals surface area contributed by atoms with E-state index < -0.39 is 11.0 Å². The van der Waals surface area contributed by atoms with Crippen LogP contribution in [0.2, 0.25) is 0 Å². The molecule has 0 radical (unpaired) electrons. The Balaban J connectivity index is 2.41. The van der Waals surface area contributed by atoms with Gasteiger partial charge in [-0.25, -0.2) is 14.3 Å². The molecule has 2 N–H and O–H groups in total. The molecule has 0 amide bonds. The third-order valence-corrected chi connectivity index (χ3v) is 4.36. The molecule has 0 saturated carbocycles. The van der Waals surface area contributed by atoms with Crippen molar-refractivity contribution in [2.24, 2.45) is 5.14 Å². The molecule has 1 aromatic carbocycles. The van der Waals surface area contributed by atoms with E-state index in [0.29, 0.717) is 16.7 Å². The van der Waals surface area contributed by atoms with Gasteiger partial charge in [-0.05, 0) is 37.1 Å². The van der Waals surface area contributed by atoms with E-state index in [-0.39, 0.29) is 0 Å². The summed E-state index contributed by atoms with van der Waals surface area (Å²) in [5, 5.41) is 5.38. The number of hydrogen-bond acceptors (Lipinski definition) is 3. The molecular formula is C16H22N2O2S. The largest absolute Gasteiger partial charge is 0.441 e. The highest BCUT2D eigenvalue weighted by Crippen LogP contribution is 2.34. The predicted molar refractivity (Wildman–Crippen MR) is 85.2 cm³/mol. The van der Waals surface area contributed by atoms with Crippen molar-refractivity contribution in [3.63, 3.8) is 0 Å². The van der Waals surface area contributed by atoms with Gasteiger partial charge in [0.05, 0.1) is 10.6 Å². The highest BCUT2D eigenvalue weighted by atomic mass is 32.2. The van der Waals surface area contributed by atoms with Gasteiger partial charge in [-0.1, -0.05) is 20.3 Å². The van der Waals surface area contributed by atoms with Gasteiger partial charge in [0.25, 0.3) is 0 Å². The highest BCUT2D eigenvalue weighted by Gasteiger charge is 2.20.